The smallest absolute Gasteiger partial charge is 0.267 e. The summed E-state index contributed by atoms with van der Waals surface area (Å²) >= 11 is 1.50. The summed E-state index contributed by atoms with van der Waals surface area (Å²) in [6.07, 6.45) is 7.71. The van der Waals surface area contributed by atoms with Crippen LogP contribution in [-0.2, 0) is 4.79 Å². The van der Waals surface area contributed by atoms with Crippen LogP contribution in [-0.4, -0.2) is 36.1 Å². The molecule has 1 amide bonds. The summed E-state index contributed by atoms with van der Waals surface area (Å²) in [5.74, 6) is 0.0862. The summed E-state index contributed by atoms with van der Waals surface area (Å²) in [5.41, 5.74) is 3.07. The third kappa shape index (κ3) is 4.69. The van der Waals surface area contributed by atoms with Gasteiger partial charge in [-0.3, -0.25) is 9.69 Å². The highest BCUT2D eigenvalue weighted by molar-refractivity contribution is 8.18. The standard InChI is InChI=1S/C28H29N3OS/c1-30(2)24-16-12-20(13-17-24)18-26-27(32)31(25-10-4-3-5-11-25)28(33-26)29-23-15-14-21-8-6-7-9-22(21)19-23/h6-9,12-19,25H,3-5,10-11H2,1-2H3/b26-18-,29-28?. The molecular weight excluding hydrogens is 426 g/mol. The molecule has 0 radical (unpaired) electrons. The topological polar surface area (TPSA) is 35.9 Å². The summed E-state index contributed by atoms with van der Waals surface area (Å²) < 4.78 is 0. The van der Waals surface area contributed by atoms with Crippen LogP contribution in [0, 0.1) is 0 Å². The Morgan fingerprint density at radius 3 is 2.39 bits per heavy atom. The van der Waals surface area contributed by atoms with E-state index >= 15 is 0 Å². The Bertz CT molecular complexity index is 1220. The van der Waals surface area contributed by atoms with Gasteiger partial charge < -0.3 is 4.90 Å². The molecule has 0 spiro atoms. The Morgan fingerprint density at radius 2 is 1.67 bits per heavy atom. The molecule has 0 aromatic heterocycles. The molecule has 33 heavy (non-hydrogen) atoms. The second-order valence-electron chi connectivity index (χ2n) is 8.99. The summed E-state index contributed by atoms with van der Waals surface area (Å²) in [4.78, 5) is 23.3. The van der Waals surface area contributed by atoms with Gasteiger partial charge in [-0.2, -0.15) is 0 Å². The molecule has 0 N–H and O–H groups in total. The second-order valence-corrected chi connectivity index (χ2v) is 10.00. The lowest BCUT2D eigenvalue weighted by Gasteiger charge is -2.30. The number of carbonyl (C=O) groups is 1. The molecule has 1 aliphatic carbocycles. The highest BCUT2D eigenvalue weighted by Crippen LogP contribution is 2.39. The van der Waals surface area contributed by atoms with Crippen LogP contribution >= 0.6 is 11.8 Å². The second kappa shape index (κ2) is 9.44. The van der Waals surface area contributed by atoms with Crippen molar-refractivity contribution in [1.29, 1.82) is 0 Å². The molecule has 1 saturated heterocycles. The average molecular weight is 456 g/mol. The van der Waals surface area contributed by atoms with Crippen molar-refractivity contribution < 1.29 is 4.79 Å². The van der Waals surface area contributed by atoms with Gasteiger partial charge in [-0.15, -0.1) is 0 Å². The van der Waals surface area contributed by atoms with E-state index in [-0.39, 0.29) is 11.9 Å². The fraction of sp³-hybridized carbons (Fsp3) is 0.286. The molecule has 3 aromatic carbocycles. The Labute approximate surface area is 200 Å². The number of benzene rings is 3. The van der Waals surface area contributed by atoms with Crippen LogP contribution in [0.2, 0.25) is 0 Å². The van der Waals surface area contributed by atoms with E-state index in [1.54, 1.807) is 0 Å². The minimum atomic E-state index is 0.0862. The zero-order valence-electron chi connectivity index (χ0n) is 19.2. The zero-order chi connectivity index (χ0) is 22.8. The predicted molar refractivity (Wildman–Crippen MR) is 141 cm³/mol. The maximum atomic E-state index is 13.5. The number of hydrogen-bond donors (Lipinski definition) is 0. The number of fused-ring (bicyclic) bond motifs is 1. The average Bonchev–Trinajstić information content (AvgIpc) is 3.14. The summed E-state index contributed by atoms with van der Waals surface area (Å²) in [7, 11) is 4.06. The predicted octanol–water partition coefficient (Wildman–Crippen LogP) is 6.84. The van der Waals surface area contributed by atoms with E-state index in [1.165, 1.54) is 36.4 Å². The van der Waals surface area contributed by atoms with Gasteiger partial charge in [-0.1, -0.05) is 61.7 Å². The zero-order valence-corrected chi connectivity index (χ0v) is 20.0. The lowest BCUT2D eigenvalue weighted by molar-refractivity contribution is -0.124. The van der Waals surface area contributed by atoms with Crippen LogP contribution in [0.5, 0.6) is 0 Å². The van der Waals surface area contributed by atoms with Crippen LogP contribution in [0.3, 0.4) is 0 Å². The summed E-state index contributed by atoms with van der Waals surface area (Å²) in [6, 6.07) is 23.1. The van der Waals surface area contributed by atoms with Crippen LogP contribution in [0.1, 0.15) is 37.7 Å². The number of aliphatic imine (C=N–C) groups is 1. The Kier molecular flexibility index (Phi) is 6.23. The van der Waals surface area contributed by atoms with Gasteiger partial charge in [-0.05, 0) is 71.3 Å². The maximum absolute atomic E-state index is 13.5. The molecule has 5 rings (SSSR count). The molecule has 2 fully saturated rings. The number of hydrogen-bond acceptors (Lipinski definition) is 4. The van der Waals surface area contributed by atoms with Gasteiger partial charge in [0, 0.05) is 25.8 Å². The normalized spacial score (nSPS) is 19.7. The lowest BCUT2D eigenvalue weighted by Crippen LogP contribution is -2.40. The van der Waals surface area contributed by atoms with E-state index in [0.29, 0.717) is 0 Å². The largest absolute Gasteiger partial charge is 0.378 e. The molecule has 0 bridgehead atoms. The van der Waals surface area contributed by atoms with Gasteiger partial charge in [0.05, 0.1) is 10.6 Å². The van der Waals surface area contributed by atoms with Gasteiger partial charge in [0.1, 0.15) is 0 Å². The van der Waals surface area contributed by atoms with Gasteiger partial charge in [0.25, 0.3) is 5.91 Å². The van der Waals surface area contributed by atoms with Crippen molar-refractivity contribution in [2.45, 2.75) is 38.1 Å². The van der Waals surface area contributed by atoms with Crippen molar-refractivity contribution in [1.82, 2.24) is 4.90 Å². The number of rotatable bonds is 4. The molecule has 3 aromatic rings. The molecule has 1 heterocycles. The van der Waals surface area contributed by atoms with Crippen molar-refractivity contribution in [3.05, 3.63) is 77.2 Å². The van der Waals surface area contributed by atoms with Gasteiger partial charge >= 0.3 is 0 Å². The monoisotopic (exact) mass is 455 g/mol. The fourth-order valence-electron chi connectivity index (χ4n) is 4.60. The lowest BCUT2D eigenvalue weighted by atomic mass is 9.94. The molecule has 5 heteroatoms. The number of nitrogens with zero attached hydrogens (tertiary/aromatic N) is 3. The molecule has 1 saturated carbocycles. The van der Waals surface area contributed by atoms with Gasteiger partial charge in [0.2, 0.25) is 0 Å². The highest BCUT2D eigenvalue weighted by Gasteiger charge is 2.38. The first kappa shape index (κ1) is 21.8. The fourth-order valence-corrected chi connectivity index (χ4v) is 5.66. The minimum absolute atomic E-state index is 0.0862. The molecule has 168 valence electrons. The third-order valence-corrected chi connectivity index (χ3v) is 7.42. The van der Waals surface area contributed by atoms with Crippen LogP contribution < -0.4 is 4.90 Å². The Hall–Kier alpha value is -3.05. The van der Waals surface area contributed by atoms with Crippen molar-refractivity contribution in [2.75, 3.05) is 19.0 Å². The van der Waals surface area contributed by atoms with E-state index in [9.17, 15) is 4.79 Å². The maximum Gasteiger partial charge on any atom is 0.267 e. The van der Waals surface area contributed by atoms with Gasteiger partial charge in [-0.25, -0.2) is 4.99 Å². The molecule has 0 unspecified atom stereocenters. The number of thioether (sulfide) groups is 1. The van der Waals surface area contributed by atoms with E-state index in [1.807, 2.05) is 43.3 Å². The molecule has 0 atom stereocenters. The Balaban J connectivity index is 1.50. The van der Waals surface area contributed by atoms with E-state index in [0.717, 1.165) is 45.2 Å². The minimum Gasteiger partial charge on any atom is -0.378 e. The first-order valence-electron chi connectivity index (χ1n) is 11.7. The van der Waals surface area contributed by atoms with E-state index in [4.69, 9.17) is 4.99 Å². The van der Waals surface area contributed by atoms with Gasteiger partial charge in [0.15, 0.2) is 5.17 Å². The van der Waals surface area contributed by atoms with Crippen LogP contribution in [0.15, 0.2) is 76.6 Å². The SMILES string of the molecule is CN(C)c1ccc(/C=C2\SC(=Nc3ccc4ccccc4c3)N(C3CCCCC3)C2=O)cc1. The third-order valence-electron chi connectivity index (χ3n) is 6.44. The quantitative estimate of drug-likeness (QED) is 0.404. The molecule has 2 aliphatic rings. The number of amidine groups is 1. The highest BCUT2D eigenvalue weighted by atomic mass is 32.2. The molecular formula is C28H29N3OS. The Morgan fingerprint density at radius 1 is 0.939 bits per heavy atom. The van der Waals surface area contributed by atoms with Crippen molar-refractivity contribution in [3.8, 4) is 0 Å². The molecule has 4 nitrogen and oxygen atoms in total. The van der Waals surface area contributed by atoms with Crippen LogP contribution in [0.4, 0.5) is 11.4 Å². The van der Waals surface area contributed by atoms with E-state index in [2.05, 4.69) is 53.4 Å². The first-order chi connectivity index (χ1) is 16.1. The van der Waals surface area contributed by atoms with Crippen LogP contribution in [0.25, 0.3) is 16.8 Å². The first-order valence-corrected chi connectivity index (χ1v) is 12.5. The number of anilines is 1. The number of amides is 1. The summed E-state index contributed by atoms with van der Waals surface area (Å²) in [6.45, 7) is 0. The van der Waals surface area contributed by atoms with Crippen molar-refractivity contribution in [2.24, 2.45) is 4.99 Å². The van der Waals surface area contributed by atoms with Crippen molar-refractivity contribution in [3.63, 3.8) is 0 Å². The summed E-state index contributed by atoms with van der Waals surface area (Å²) in [5, 5.41) is 3.16. The number of carbonyl (C=O) groups excluding carboxylic acids is 1. The van der Waals surface area contributed by atoms with E-state index < -0.39 is 0 Å². The molecule has 1 aliphatic heterocycles. The van der Waals surface area contributed by atoms with Crippen molar-refractivity contribution >= 4 is 51.1 Å².